The van der Waals surface area contributed by atoms with Gasteiger partial charge in [-0.15, -0.1) is 0 Å². The van der Waals surface area contributed by atoms with Crippen LogP contribution in [0.2, 0.25) is 0 Å². The summed E-state index contributed by atoms with van der Waals surface area (Å²) in [6, 6.07) is 7.57. The molecule has 0 saturated carbocycles. The van der Waals surface area contributed by atoms with Crippen LogP contribution >= 0.6 is 15.9 Å². The Kier molecular flexibility index (Phi) is 5.03. The summed E-state index contributed by atoms with van der Waals surface area (Å²) in [6.07, 6.45) is -7.23. The third-order valence-electron chi connectivity index (χ3n) is 2.95. The highest BCUT2D eigenvalue weighted by molar-refractivity contribution is 9.10. The number of carbonyl (C=O) groups excluding carboxylic acids is 1. The molecule has 2 aromatic carbocycles. The summed E-state index contributed by atoms with van der Waals surface area (Å²) >= 11 is 2.93. The van der Waals surface area contributed by atoms with E-state index in [-0.39, 0.29) is 21.3 Å². The van der Waals surface area contributed by atoms with Crippen molar-refractivity contribution < 1.29 is 26.7 Å². The number of nitrogens with one attached hydrogen (secondary N) is 1. The Morgan fingerprint density at radius 3 is 2.35 bits per heavy atom. The van der Waals surface area contributed by atoms with Gasteiger partial charge in [-0.3, -0.25) is 4.79 Å². The molecule has 0 atom stereocenters. The van der Waals surface area contributed by atoms with Gasteiger partial charge in [-0.05, 0) is 30.3 Å². The van der Waals surface area contributed by atoms with E-state index >= 15 is 0 Å². The third-order valence-corrected chi connectivity index (χ3v) is 3.63. The molecule has 2 aromatic rings. The molecule has 0 aliphatic rings. The number of hydrogen-bond donors (Lipinski definition) is 1. The number of alkyl halides is 5. The lowest BCUT2D eigenvalue weighted by molar-refractivity contribution is -0.137. The molecule has 122 valence electrons. The predicted molar refractivity (Wildman–Crippen MR) is 78.5 cm³/mol. The molecule has 0 spiro atoms. The minimum Gasteiger partial charge on any atom is -0.322 e. The maximum atomic E-state index is 12.6. The Bertz CT molecular complexity index is 730. The normalized spacial score (nSPS) is 11.6. The largest absolute Gasteiger partial charge is 0.416 e. The Morgan fingerprint density at radius 1 is 1.09 bits per heavy atom. The first-order chi connectivity index (χ1) is 10.7. The molecule has 0 aliphatic carbocycles. The van der Waals surface area contributed by atoms with Gasteiger partial charge < -0.3 is 5.32 Å². The van der Waals surface area contributed by atoms with Gasteiger partial charge >= 0.3 is 6.18 Å². The SMILES string of the molecule is O=C(Nc1cccc(C(F)(F)F)c1)c1ccc(C(F)F)c(Br)c1. The molecule has 0 heterocycles. The van der Waals surface area contributed by atoms with Crippen molar-refractivity contribution in [3.05, 3.63) is 63.6 Å². The molecule has 0 saturated heterocycles. The van der Waals surface area contributed by atoms with Crippen LogP contribution < -0.4 is 5.32 Å². The summed E-state index contributed by atoms with van der Waals surface area (Å²) in [5.74, 6) is -0.703. The maximum Gasteiger partial charge on any atom is 0.416 e. The molecular weight excluding hydrogens is 385 g/mol. The van der Waals surface area contributed by atoms with Crippen LogP contribution in [0.5, 0.6) is 0 Å². The van der Waals surface area contributed by atoms with Gasteiger partial charge in [0, 0.05) is 21.3 Å². The standard InChI is InChI=1S/C15H9BrF5NO/c16-12-6-8(4-5-11(12)13(17)18)14(23)22-10-3-1-2-9(7-10)15(19,20)21/h1-7,13H,(H,22,23). The van der Waals surface area contributed by atoms with E-state index in [1.807, 2.05) is 0 Å². The molecule has 0 radical (unpaired) electrons. The number of amides is 1. The zero-order valence-corrected chi connectivity index (χ0v) is 12.9. The number of hydrogen-bond acceptors (Lipinski definition) is 1. The smallest absolute Gasteiger partial charge is 0.322 e. The summed E-state index contributed by atoms with van der Waals surface area (Å²) in [7, 11) is 0. The second-order valence-electron chi connectivity index (χ2n) is 4.57. The zero-order chi connectivity index (χ0) is 17.2. The lowest BCUT2D eigenvalue weighted by atomic mass is 10.1. The summed E-state index contributed by atoms with van der Waals surface area (Å²) in [6.45, 7) is 0. The first-order valence-electron chi connectivity index (χ1n) is 6.24. The van der Waals surface area contributed by atoms with E-state index in [1.165, 1.54) is 18.2 Å². The number of halogens is 6. The van der Waals surface area contributed by atoms with Gasteiger partial charge in [0.15, 0.2) is 0 Å². The zero-order valence-electron chi connectivity index (χ0n) is 11.3. The van der Waals surface area contributed by atoms with Crippen LogP contribution in [0, 0.1) is 0 Å². The fourth-order valence-corrected chi connectivity index (χ4v) is 2.37. The molecule has 0 aliphatic heterocycles. The molecule has 2 rings (SSSR count). The fraction of sp³-hybridized carbons (Fsp3) is 0.133. The van der Waals surface area contributed by atoms with Gasteiger partial charge in [-0.25, -0.2) is 8.78 Å². The maximum absolute atomic E-state index is 12.6. The Morgan fingerprint density at radius 2 is 1.78 bits per heavy atom. The van der Waals surface area contributed by atoms with Crippen molar-refractivity contribution in [2.45, 2.75) is 12.6 Å². The van der Waals surface area contributed by atoms with Crippen LogP contribution in [0.4, 0.5) is 27.6 Å². The summed E-state index contributed by atoms with van der Waals surface area (Å²) in [5, 5.41) is 2.30. The average Bonchev–Trinajstić information content (AvgIpc) is 2.46. The molecule has 23 heavy (non-hydrogen) atoms. The van der Waals surface area contributed by atoms with Crippen molar-refractivity contribution in [2.24, 2.45) is 0 Å². The Hall–Kier alpha value is -1.96. The van der Waals surface area contributed by atoms with Gasteiger partial charge in [0.1, 0.15) is 0 Å². The number of rotatable bonds is 3. The summed E-state index contributed by atoms with van der Waals surface area (Å²) in [5.41, 5.74) is -1.18. The predicted octanol–water partition coefficient (Wildman–Crippen LogP) is 5.66. The van der Waals surface area contributed by atoms with E-state index in [4.69, 9.17) is 0 Å². The lowest BCUT2D eigenvalue weighted by Crippen LogP contribution is -2.13. The molecule has 0 aromatic heterocycles. The van der Waals surface area contributed by atoms with Crippen molar-refractivity contribution in [3.8, 4) is 0 Å². The van der Waals surface area contributed by atoms with Crippen molar-refractivity contribution in [3.63, 3.8) is 0 Å². The molecule has 0 fully saturated rings. The van der Waals surface area contributed by atoms with Crippen LogP contribution in [-0.2, 0) is 6.18 Å². The first kappa shape index (κ1) is 17.4. The third kappa shape index (κ3) is 4.28. The van der Waals surface area contributed by atoms with E-state index < -0.39 is 24.1 Å². The average molecular weight is 394 g/mol. The van der Waals surface area contributed by atoms with Gasteiger partial charge in [-0.1, -0.05) is 28.1 Å². The van der Waals surface area contributed by atoms with Gasteiger partial charge in [0.2, 0.25) is 0 Å². The van der Waals surface area contributed by atoms with Crippen LogP contribution in [0.1, 0.15) is 27.9 Å². The molecule has 1 N–H and O–H groups in total. The van der Waals surface area contributed by atoms with E-state index in [0.29, 0.717) is 0 Å². The highest BCUT2D eigenvalue weighted by atomic mass is 79.9. The van der Waals surface area contributed by atoms with Crippen LogP contribution in [0.25, 0.3) is 0 Å². The van der Waals surface area contributed by atoms with E-state index in [9.17, 15) is 26.7 Å². The molecule has 1 amide bonds. The Labute approximate surface area is 136 Å². The Balaban J connectivity index is 2.21. The van der Waals surface area contributed by atoms with Crippen molar-refractivity contribution in [1.82, 2.24) is 0 Å². The van der Waals surface area contributed by atoms with Crippen LogP contribution in [0.3, 0.4) is 0 Å². The molecular formula is C15H9BrF5NO. The monoisotopic (exact) mass is 393 g/mol. The van der Waals surface area contributed by atoms with Crippen molar-refractivity contribution in [2.75, 3.05) is 5.32 Å². The topological polar surface area (TPSA) is 29.1 Å². The fourth-order valence-electron chi connectivity index (χ4n) is 1.82. The number of carbonyl (C=O) groups is 1. The molecule has 0 bridgehead atoms. The van der Waals surface area contributed by atoms with Crippen LogP contribution in [0.15, 0.2) is 46.9 Å². The van der Waals surface area contributed by atoms with E-state index in [0.717, 1.165) is 24.3 Å². The highest BCUT2D eigenvalue weighted by Gasteiger charge is 2.30. The molecule has 2 nitrogen and oxygen atoms in total. The first-order valence-corrected chi connectivity index (χ1v) is 7.04. The van der Waals surface area contributed by atoms with Gasteiger partial charge in [-0.2, -0.15) is 13.2 Å². The second-order valence-corrected chi connectivity index (χ2v) is 5.42. The number of anilines is 1. The van der Waals surface area contributed by atoms with Gasteiger partial charge in [0.25, 0.3) is 12.3 Å². The van der Waals surface area contributed by atoms with Crippen LogP contribution in [-0.4, -0.2) is 5.91 Å². The highest BCUT2D eigenvalue weighted by Crippen LogP contribution is 2.31. The van der Waals surface area contributed by atoms with Gasteiger partial charge in [0.05, 0.1) is 5.56 Å². The lowest BCUT2D eigenvalue weighted by Gasteiger charge is -2.11. The van der Waals surface area contributed by atoms with E-state index in [2.05, 4.69) is 21.2 Å². The summed E-state index contributed by atoms with van der Waals surface area (Å²) in [4.78, 5) is 12.0. The minimum atomic E-state index is -4.53. The minimum absolute atomic E-state index is 0.0405. The molecule has 0 unspecified atom stereocenters. The van der Waals surface area contributed by atoms with E-state index in [1.54, 1.807) is 0 Å². The second kappa shape index (κ2) is 6.66. The molecule has 8 heteroatoms. The summed E-state index contributed by atoms with van der Waals surface area (Å²) < 4.78 is 63.1. The van der Waals surface area contributed by atoms with Crippen molar-refractivity contribution >= 4 is 27.5 Å². The van der Waals surface area contributed by atoms with Crippen molar-refractivity contribution in [1.29, 1.82) is 0 Å². The number of benzene rings is 2. The quantitative estimate of drug-likeness (QED) is 0.669.